The Kier molecular flexibility index (Phi) is 2.50. The molecule has 1 saturated heterocycles. The van der Waals surface area contributed by atoms with Crippen LogP contribution in [0, 0.1) is 29.1 Å². The summed E-state index contributed by atoms with van der Waals surface area (Å²) >= 11 is 0. The molecule has 4 rings (SSSR count). The molecule has 4 aliphatic rings. The van der Waals surface area contributed by atoms with E-state index in [1.54, 1.807) is 0 Å². The summed E-state index contributed by atoms with van der Waals surface area (Å²) in [6.45, 7) is 1.04. The number of carbonyl (C=O) groups excluding carboxylic acids is 1. The van der Waals surface area contributed by atoms with Crippen LogP contribution in [0.3, 0.4) is 0 Å². The average Bonchev–Trinajstić information content (AvgIpc) is 2.67. The van der Waals surface area contributed by atoms with Crippen LogP contribution in [0.25, 0.3) is 0 Å². The predicted octanol–water partition coefficient (Wildman–Crippen LogP) is 1.61. The first-order chi connectivity index (χ1) is 7.75. The molecule has 4 fully saturated rings. The molecule has 5 atom stereocenters. The van der Waals surface area contributed by atoms with Crippen LogP contribution in [0.5, 0.6) is 0 Å². The van der Waals surface area contributed by atoms with Crippen LogP contribution in [0.1, 0.15) is 25.7 Å². The van der Waals surface area contributed by atoms with Crippen molar-refractivity contribution in [2.24, 2.45) is 29.1 Å². The highest BCUT2D eigenvalue weighted by Crippen LogP contribution is 2.72. The zero-order chi connectivity index (χ0) is 10.9. The SMILES string of the molecule is COC(=O)[C@H]1NC[C@@H]2[C@H]3C[C@@H]([C@@H]21)C1(CC1)C3.Cl. The van der Waals surface area contributed by atoms with Crippen molar-refractivity contribution >= 4 is 18.4 Å². The Bertz CT molecular complexity index is 355. The molecule has 0 aromatic carbocycles. The first kappa shape index (κ1) is 11.8. The quantitative estimate of drug-likeness (QED) is 0.726. The first-order valence-electron chi connectivity index (χ1n) is 6.56. The lowest BCUT2D eigenvalue weighted by Crippen LogP contribution is -2.41. The molecule has 0 amide bonds. The van der Waals surface area contributed by atoms with Gasteiger partial charge in [-0.2, -0.15) is 0 Å². The van der Waals surface area contributed by atoms with E-state index >= 15 is 0 Å². The van der Waals surface area contributed by atoms with E-state index in [9.17, 15) is 4.79 Å². The molecule has 3 nitrogen and oxygen atoms in total. The minimum Gasteiger partial charge on any atom is -0.468 e. The summed E-state index contributed by atoms with van der Waals surface area (Å²) in [6.07, 6.45) is 5.69. The molecule has 1 spiro atoms. The van der Waals surface area contributed by atoms with Gasteiger partial charge in [0.2, 0.25) is 0 Å². The summed E-state index contributed by atoms with van der Waals surface area (Å²) in [6, 6.07) is 0.00257. The molecule has 0 aromatic rings. The van der Waals surface area contributed by atoms with Gasteiger partial charge in [0.25, 0.3) is 0 Å². The summed E-state index contributed by atoms with van der Waals surface area (Å²) in [5, 5.41) is 3.40. The maximum atomic E-state index is 11.8. The molecule has 96 valence electrons. The van der Waals surface area contributed by atoms with E-state index in [2.05, 4.69) is 5.32 Å². The first-order valence-corrected chi connectivity index (χ1v) is 6.56. The number of carbonyl (C=O) groups is 1. The summed E-state index contributed by atoms with van der Waals surface area (Å²) < 4.78 is 4.94. The minimum atomic E-state index is -0.0316. The third-order valence-corrected chi connectivity index (χ3v) is 5.88. The highest BCUT2D eigenvalue weighted by atomic mass is 35.5. The normalized spacial score (nSPS) is 47.7. The van der Waals surface area contributed by atoms with Gasteiger partial charge in [0, 0.05) is 0 Å². The topological polar surface area (TPSA) is 38.3 Å². The van der Waals surface area contributed by atoms with Gasteiger partial charge in [-0.3, -0.25) is 4.79 Å². The molecule has 3 saturated carbocycles. The highest BCUT2D eigenvalue weighted by molar-refractivity contribution is 5.85. The van der Waals surface area contributed by atoms with Gasteiger partial charge in [-0.25, -0.2) is 0 Å². The second-order valence-corrected chi connectivity index (χ2v) is 6.32. The maximum Gasteiger partial charge on any atom is 0.323 e. The zero-order valence-electron chi connectivity index (χ0n) is 10.1. The van der Waals surface area contributed by atoms with E-state index in [4.69, 9.17) is 4.74 Å². The zero-order valence-corrected chi connectivity index (χ0v) is 11.0. The van der Waals surface area contributed by atoms with Gasteiger partial charge in [-0.15, -0.1) is 12.4 Å². The van der Waals surface area contributed by atoms with E-state index < -0.39 is 0 Å². The molecule has 2 bridgehead atoms. The molecular formula is C13H20ClNO2. The fourth-order valence-electron chi connectivity index (χ4n) is 5.12. The van der Waals surface area contributed by atoms with Crippen molar-refractivity contribution in [3.8, 4) is 0 Å². The molecule has 0 aromatic heterocycles. The van der Waals surface area contributed by atoms with Crippen molar-refractivity contribution in [3.63, 3.8) is 0 Å². The molecule has 3 aliphatic carbocycles. The fraction of sp³-hybridized carbons (Fsp3) is 0.923. The van der Waals surface area contributed by atoms with Crippen LogP contribution in [0.4, 0.5) is 0 Å². The van der Waals surface area contributed by atoms with Crippen molar-refractivity contribution in [2.75, 3.05) is 13.7 Å². The number of nitrogens with one attached hydrogen (secondary N) is 1. The number of hydrogen-bond acceptors (Lipinski definition) is 3. The number of halogens is 1. The van der Waals surface area contributed by atoms with Crippen LogP contribution in [-0.2, 0) is 9.53 Å². The van der Waals surface area contributed by atoms with Crippen molar-refractivity contribution < 1.29 is 9.53 Å². The molecule has 1 aliphatic heterocycles. The number of methoxy groups -OCH3 is 1. The standard InChI is InChI=1S/C13H19NO2.ClH/c1-16-12(15)11-10-8(6-14-11)7-4-9(10)13(5-7)2-3-13;/h7-11,14H,2-6H2,1H3;1H/t7-,8+,9-,10+,11-;/m0./s1. The Morgan fingerprint density at radius 2 is 2.18 bits per heavy atom. The highest BCUT2D eigenvalue weighted by Gasteiger charge is 2.68. The van der Waals surface area contributed by atoms with Gasteiger partial charge < -0.3 is 10.1 Å². The van der Waals surface area contributed by atoms with Gasteiger partial charge in [0.15, 0.2) is 0 Å². The number of esters is 1. The van der Waals surface area contributed by atoms with Crippen LogP contribution < -0.4 is 5.32 Å². The smallest absolute Gasteiger partial charge is 0.323 e. The van der Waals surface area contributed by atoms with Gasteiger partial charge >= 0.3 is 5.97 Å². The van der Waals surface area contributed by atoms with Gasteiger partial charge in [0.05, 0.1) is 7.11 Å². The summed E-state index contributed by atoms with van der Waals surface area (Å²) in [7, 11) is 1.51. The molecule has 0 unspecified atom stereocenters. The largest absolute Gasteiger partial charge is 0.468 e. The summed E-state index contributed by atoms with van der Waals surface area (Å²) in [5.74, 6) is 3.05. The molecule has 0 radical (unpaired) electrons. The van der Waals surface area contributed by atoms with E-state index in [1.807, 2.05) is 0 Å². The Morgan fingerprint density at radius 3 is 2.82 bits per heavy atom. The van der Waals surface area contributed by atoms with Crippen molar-refractivity contribution in [3.05, 3.63) is 0 Å². The van der Waals surface area contributed by atoms with Gasteiger partial charge in [0.1, 0.15) is 6.04 Å². The predicted molar refractivity (Wildman–Crippen MR) is 65.9 cm³/mol. The van der Waals surface area contributed by atoms with E-state index in [0.717, 1.165) is 24.3 Å². The minimum absolute atomic E-state index is 0. The van der Waals surface area contributed by atoms with E-state index in [0.29, 0.717) is 11.3 Å². The van der Waals surface area contributed by atoms with Crippen molar-refractivity contribution in [1.82, 2.24) is 5.32 Å². The van der Waals surface area contributed by atoms with Crippen molar-refractivity contribution in [1.29, 1.82) is 0 Å². The van der Waals surface area contributed by atoms with Crippen LogP contribution in [-0.4, -0.2) is 25.7 Å². The van der Waals surface area contributed by atoms with Gasteiger partial charge in [-0.05, 0) is 61.3 Å². The Labute approximate surface area is 108 Å². The molecule has 17 heavy (non-hydrogen) atoms. The lowest BCUT2D eigenvalue weighted by atomic mass is 9.71. The van der Waals surface area contributed by atoms with Crippen LogP contribution in [0.15, 0.2) is 0 Å². The van der Waals surface area contributed by atoms with Crippen LogP contribution >= 0.6 is 12.4 Å². The molecule has 1 N–H and O–H groups in total. The Balaban J connectivity index is 0.000000902. The maximum absolute atomic E-state index is 11.8. The van der Waals surface area contributed by atoms with Crippen molar-refractivity contribution in [2.45, 2.75) is 31.7 Å². The lowest BCUT2D eigenvalue weighted by molar-refractivity contribution is -0.144. The van der Waals surface area contributed by atoms with E-state index in [1.165, 1.54) is 32.8 Å². The third kappa shape index (κ3) is 1.36. The Hall–Kier alpha value is -0.280. The van der Waals surface area contributed by atoms with E-state index in [-0.39, 0.29) is 24.4 Å². The Morgan fingerprint density at radius 1 is 1.41 bits per heavy atom. The lowest BCUT2D eigenvalue weighted by Gasteiger charge is -2.33. The second-order valence-electron chi connectivity index (χ2n) is 6.32. The van der Waals surface area contributed by atoms with Gasteiger partial charge in [-0.1, -0.05) is 0 Å². The monoisotopic (exact) mass is 257 g/mol. The molecular weight excluding hydrogens is 238 g/mol. The summed E-state index contributed by atoms with van der Waals surface area (Å²) in [4.78, 5) is 11.8. The number of ether oxygens (including phenoxy) is 1. The molecule has 4 heteroatoms. The molecule has 1 heterocycles. The number of hydrogen-bond donors (Lipinski definition) is 1. The fourth-order valence-corrected chi connectivity index (χ4v) is 5.12. The average molecular weight is 258 g/mol. The second kappa shape index (κ2) is 3.61. The third-order valence-electron chi connectivity index (χ3n) is 5.88. The van der Waals surface area contributed by atoms with Crippen LogP contribution in [0.2, 0.25) is 0 Å². The summed E-state index contributed by atoms with van der Waals surface area (Å²) in [5.41, 5.74) is 0.671. The number of fused-ring (bicyclic) bond motifs is 6. The number of rotatable bonds is 1.